The van der Waals surface area contributed by atoms with Gasteiger partial charge in [-0.2, -0.15) is 11.8 Å². The molecule has 0 heterocycles. The molecule has 0 aromatic carbocycles. The van der Waals surface area contributed by atoms with Gasteiger partial charge in [0, 0.05) is 24.2 Å². The lowest BCUT2D eigenvalue weighted by atomic mass is 10.3. The van der Waals surface area contributed by atoms with Crippen molar-refractivity contribution in [2.45, 2.75) is 18.9 Å². The second-order valence-electron chi connectivity index (χ2n) is 2.67. The lowest BCUT2D eigenvalue weighted by Gasteiger charge is -2.08. The van der Waals surface area contributed by atoms with Crippen LogP contribution in [-0.4, -0.2) is 42.3 Å². The van der Waals surface area contributed by atoms with Crippen molar-refractivity contribution >= 4 is 17.7 Å². The molecule has 0 spiro atoms. The summed E-state index contributed by atoms with van der Waals surface area (Å²) in [5.74, 6) is 1.31. The topological polar surface area (TPSA) is 72.5 Å². The number of rotatable bonds is 7. The molecule has 0 bridgehead atoms. The third-order valence-electron chi connectivity index (χ3n) is 1.51. The second-order valence-corrected chi connectivity index (χ2v) is 3.82. The summed E-state index contributed by atoms with van der Waals surface area (Å²) in [5.41, 5.74) is 5.64. The molecule has 1 atom stereocenters. The molecule has 0 aromatic heterocycles. The summed E-state index contributed by atoms with van der Waals surface area (Å²) in [6, 6.07) is 0.0210. The Hall–Kier alpha value is -0.260. The van der Waals surface area contributed by atoms with E-state index in [1.54, 1.807) is 11.8 Å². The SMILES string of the molecule is COC(=O)CCSCC(N)CCO. The fraction of sp³-hybridized carbons (Fsp3) is 0.875. The van der Waals surface area contributed by atoms with Crippen molar-refractivity contribution in [3.05, 3.63) is 0 Å². The summed E-state index contributed by atoms with van der Waals surface area (Å²) in [6.45, 7) is 0.124. The van der Waals surface area contributed by atoms with Gasteiger partial charge in [-0.3, -0.25) is 4.79 Å². The largest absolute Gasteiger partial charge is 0.469 e. The van der Waals surface area contributed by atoms with Crippen LogP contribution in [0.5, 0.6) is 0 Å². The Bertz CT molecular complexity index is 143. The van der Waals surface area contributed by atoms with Crippen molar-refractivity contribution in [2.75, 3.05) is 25.2 Å². The Morgan fingerprint density at radius 1 is 1.69 bits per heavy atom. The highest BCUT2D eigenvalue weighted by molar-refractivity contribution is 7.99. The van der Waals surface area contributed by atoms with Crippen LogP contribution >= 0.6 is 11.8 Å². The van der Waals surface area contributed by atoms with Crippen molar-refractivity contribution in [2.24, 2.45) is 5.73 Å². The quantitative estimate of drug-likeness (QED) is 0.454. The van der Waals surface area contributed by atoms with Crippen molar-refractivity contribution < 1.29 is 14.6 Å². The molecule has 5 heteroatoms. The standard InChI is InChI=1S/C8H17NO3S/c1-12-8(11)3-5-13-6-7(9)2-4-10/h7,10H,2-6,9H2,1H3. The first-order chi connectivity index (χ1) is 6.20. The van der Waals surface area contributed by atoms with Gasteiger partial charge in [-0.15, -0.1) is 0 Å². The maximum absolute atomic E-state index is 10.7. The van der Waals surface area contributed by atoms with Crippen molar-refractivity contribution in [1.29, 1.82) is 0 Å². The van der Waals surface area contributed by atoms with E-state index in [1.807, 2.05) is 0 Å². The summed E-state index contributed by atoms with van der Waals surface area (Å²) in [6.07, 6.45) is 1.04. The minimum absolute atomic E-state index is 0.0210. The highest BCUT2D eigenvalue weighted by atomic mass is 32.2. The van der Waals surface area contributed by atoms with E-state index in [4.69, 9.17) is 10.8 Å². The van der Waals surface area contributed by atoms with Crippen LogP contribution in [0.25, 0.3) is 0 Å². The maximum atomic E-state index is 10.7. The number of hydrogen-bond acceptors (Lipinski definition) is 5. The summed E-state index contributed by atoms with van der Waals surface area (Å²) in [4.78, 5) is 10.7. The van der Waals surface area contributed by atoms with Gasteiger partial charge in [-0.25, -0.2) is 0 Å². The number of carbonyl (C=O) groups excluding carboxylic acids is 1. The molecule has 0 saturated carbocycles. The van der Waals surface area contributed by atoms with Crippen LogP contribution < -0.4 is 5.73 Å². The Morgan fingerprint density at radius 3 is 2.92 bits per heavy atom. The van der Waals surface area contributed by atoms with Gasteiger partial charge in [0.05, 0.1) is 13.5 Å². The molecule has 4 nitrogen and oxygen atoms in total. The average Bonchev–Trinajstić information content (AvgIpc) is 2.12. The van der Waals surface area contributed by atoms with Crippen LogP contribution in [0.15, 0.2) is 0 Å². The fourth-order valence-corrected chi connectivity index (χ4v) is 1.69. The molecule has 0 saturated heterocycles. The summed E-state index contributed by atoms with van der Waals surface area (Å²) >= 11 is 1.61. The predicted octanol–water partition coefficient (Wildman–Crippen LogP) is -0.00760. The molecule has 0 radical (unpaired) electrons. The van der Waals surface area contributed by atoms with E-state index in [9.17, 15) is 4.79 Å². The number of ether oxygens (including phenoxy) is 1. The number of aliphatic hydroxyl groups excluding tert-OH is 1. The van der Waals surface area contributed by atoms with E-state index in [2.05, 4.69) is 4.74 Å². The van der Waals surface area contributed by atoms with Gasteiger partial charge in [0.1, 0.15) is 0 Å². The molecule has 0 aliphatic carbocycles. The van der Waals surface area contributed by atoms with Crippen LogP contribution in [0, 0.1) is 0 Å². The van der Waals surface area contributed by atoms with Gasteiger partial charge in [-0.05, 0) is 6.42 Å². The average molecular weight is 207 g/mol. The van der Waals surface area contributed by atoms with E-state index in [0.29, 0.717) is 12.8 Å². The highest BCUT2D eigenvalue weighted by Crippen LogP contribution is 2.05. The summed E-state index contributed by atoms with van der Waals surface area (Å²) in [5, 5.41) is 8.56. The molecule has 13 heavy (non-hydrogen) atoms. The zero-order valence-corrected chi connectivity index (χ0v) is 8.68. The molecule has 0 aromatic rings. The number of aliphatic hydroxyl groups is 1. The van der Waals surface area contributed by atoms with Crippen LogP contribution in [0.1, 0.15) is 12.8 Å². The molecule has 0 aliphatic heterocycles. The Balaban J connectivity index is 3.20. The number of esters is 1. The molecular weight excluding hydrogens is 190 g/mol. The number of nitrogens with two attached hydrogens (primary N) is 1. The van der Waals surface area contributed by atoms with Gasteiger partial charge in [0.15, 0.2) is 0 Å². The van der Waals surface area contributed by atoms with E-state index in [0.717, 1.165) is 11.5 Å². The van der Waals surface area contributed by atoms with Gasteiger partial charge in [0.25, 0.3) is 0 Å². The first kappa shape index (κ1) is 12.7. The predicted molar refractivity (Wildman–Crippen MR) is 53.6 cm³/mol. The minimum Gasteiger partial charge on any atom is -0.469 e. The first-order valence-corrected chi connectivity index (χ1v) is 5.37. The molecule has 0 aliphatic rings. The van der Waals surface area contributed by atoms with Gasteiger partial charge in [-0.1, -0.05) is 0 Å². The molecule has 3 N–H and O–H groups in total. The number of hydrogen-bond donors (Lipinski definition) is 2. The molecule has 78 valence electrons. The fourth-order valence-electron chi connectivity index (χ4n) is 0.741. The number of methoxy groups -OCH3 is 1. The van der Waals surface area contributed by atoms with E-state index in [-0.39, 0.29) is 18.6 Å². The molecule has 0 fully saturated rings. The Kier molecular flexibility index (Phi) is 8.18. The monoisotopic (exact) mass is 207 g/mol. The summed E-state index contributed by atoms with van der Waals surface area (Å²) < 4.78 is 4.48. The number of thioether (sulfide) groups is 1. The normalized spacial score (nSPS) is 12.5. The number of carbonyl (C=O) groups is 1. The Morgan fingerprint density at radius 2 is 2.38 bits per heavy atom. The molecule has 0 amide bonds. The highest BCUT2D eigenvalue weighted by Gasteiger charge is 2.03. The third-order valence-corrected chi connectivity index (χ3v) is 2.67. The third kappa shape index (κ3) is 8.08. The molecular formula is C8H17NO3S. The summed E-state index contributed by atoms with van der Waals surface area (Å²) in [7, 11) is 1.38. The second kappa shape index (κ2) is 8.34. The first-order valence-electron chi connectivity index (χ1n) is 4.21. The zero-order valence-electron chi connectivity index (χ0n) is 7.86. The van der Waals surface area contributed by atoms with Crippen molar-refractivity contribution in [3.63, 3.8) is 0 Å². The zero-order chi connectivity index (χ0) is 10.1. The molecule has 1 unspecified atom stereocenters. The minimum atomic E-state index is -0.191. The maximum Gasteiger partial charge on any atom is 0.306 e. The Labute approximate surface area is 82.8 Å². The van der Waals surface area contributed by atoms with E-state index < -0.39 is 0 Å². The smallest absolute Gasteiger partial charge is 0.306 e. The van der Waals surface area contributed by atoms with E-state index >= 15 is 0 Å². The van der Waals surface area contributed by atoms with Crippen LogP contribution in [0.4, 0.5) is 0 Å². The van der Waals surface area contributed by atoms with Gasteiger partial charge < -0.3 is 15.6 Å². The van der Waals surface area contributed by atoms with Crippen LogP contribution in [-0.2, 0) is 9.53 Å². The van der Waals surface area contributed by atoms with Gasteiger partial charge in [0.2, 0.25) is 0 Å². The van der Waals surface area contributed by atoms with Crippen LogP contribution in [0.3, 0.4) is 0 Å². The van der Waals surface area contributed by atoms with E-state index in [1.165, 1.54) is 7.11 Å². The van der Waals surface area contributed by atoms with Crippen LogP contribution in [0.2, 0.25) is 0 Å². The van der Waals surface area contributed by atoms with Crippen molar-refractivity contribution in [3.8, 4) is 0 Å². The lowest BCUT2D eigenvalue weighted by molar-refractivity contribution is -0.140. The van der Waals surface area contributed by atoms with Gasteiger partial charge >= 0.3 is 5.97 Å². The van der Waals surface area contributed by atoms with Crippen molar-refractivity contribution in [1.82, 2.24) is 0 Å². The molecule has 0 rings (SSSR count). The lowest BCUT2D eigenvalue weighted by Crippen LogP contribution is -2.24.